The number of nitrogens with zero attached hydrogens (tertiary/aromatic N) is 1. The van der Waals surface area contributed by atoms with E-state index in [4.69, 9.17) is 4.42 Å². The second-order valence-electron chi connectivity index (χ2n) is 4.74. The Bertz CT molecular complexity index is 353. The van der Waals surface area contributed by atoms with Crippen molar-refractivity contribution in [1.29, 1.82) is 0 Å². The zero-order chi connectivity index (χ0) is 12.3. The van der Waals surface area contributed by atoms with Crippen LogP contribution in [0.2, 0.25) is 0 Å². The molecule has 0 amide bonds. The van der Waals surface area contributed by atoms with Crippen molar-refractivity contribution in [2.24, 2.45) is 0 Å². The summed E-state index contributed by atoms with van der Waals surface area (Å²) in [6.45, 7) is 7.61. The Balaban J connectivity index is 1.94. The minimum atomic E-state index is 0.631. The molecule has 0 spiro atoms. The molecular formula is C13H22N2OS. The van der Waals surface area contributed by atoms with E-state index in [1.54, 1.807) is 0 Å². The highest BCUT2D eigenvalue weighted by Crippen LogP contribution is 2.25. The number of hydrogen-bond acceptors (Lipinski definition) is 4. The van der Waals surface area contributed by atoms with Gasteiger partial charge >= 0.3 is 0 Å². The van der Waals surface area contributed by atoms with Gasteiger partial charge in [-0.05, 0) is 20.0 Å². The lowest BCUT2D eigenvalue weighted by Crippen LogP contribution is -2.43. The molecule has 4 heteroatoms. The Morgan fingerprint density at radius 1 is 1.53 bits per heavy atom. The molecule has 1 aromatic rings. The van der Waals surface area contributed by atoms with Crippen molar-refractivity contribution < 1.29 is 4.42 Å². The molecule has 2 atom stereocenters. The summed E-state index contributed by atoms with van der Waals surface area (Å²) in [5.41, 5.74) is 1.23. The Morgan fingerprint density at radius 3 is 3.12 bits per heavy atom. The van der Waals surface area contributed by atoms with E-state index in [-0.39, 0.29) is 0 Å². The molecule has 0 aliphatic carbocycles. The predicted molar refractivity (Wildman–Crippen MR) is 73.3 cm³/mol. The van der Waals surface area contributed by atoms with Gasteiger partial charge in [-0.3, -0.25) is 4.90 Å². The van der Waals surface area contributed by atoms with Crippen molar-refractivity contribution in [3.05, 3.63) is 23.7 Å². The van der Waals surface area contributed by atoms with Crippen LogP contribution in [0.15, 0.2) is 16.7 Å². The molecular weight excluding hydrogens is 232 g/mol. The third-order valence-electron chi connectivity index (χ3n) is 3.46. The van der Waals surface area contributed by atoms with E-state index < -0.39 is 0 Å². The summed E-state index contributed by atoms with van der Waals surface area (Å²) in [5.74, 6) is 2.32. The first-order valence-electron chi connectivity index (χ1n) is 6.27. The summed E-state index contributed by atoms with van der Waals surface area (Å²) in [5, 5.41) is 3.86. The largest absolute Gasteiger partial charge is 0.468 e. The van der Waals surface area contributed by atoms with Crippen molar-refractivity contribution in [3.8, 4) is 0 Å². The fourth-order valence-corrected chi connectivity index (χ4v) is 3.39. The lowest BCUT2D eigenvalue weighted by Gasteiger charge is -2.36. The van der Waals surface area contributed by atoms with Gasteiger partial charge in [0.15, 0.2) is 0 Å². The van der Waals surface area contributed by atoms with E-state index in [1.807, 2.05) is 13.3 Å². The molecule has 1 N–H and O–H groups in total. The smallest absolute Gasteiger partial charge is 0.118 e. The van der Waals surface area contributed by atoms with Crippen molar-refractivity contribution >= 4 is 11.8 Å². The van der Waals surface area contributed by atoms with Gasteiger partial charge in [-0.2, -0.15) is 11.8 Å². The van der Waals surface area contributed by atoms with Crippen molar-refractivity contribution in [3.63, 3.8) is 0 Å². The van der Waals surface area contributed by atoms with Gasteiger partial charge in [0.05, 0.1) is 12.8 Å². The van der Waals surface area contributed by atoms with Gasteiger partial charge in [-0.15, -0.1) is 0 Å². The molecule has 1 aliphatic rings. The molecule has 1 aromatic heterocycles. The minimum Gasteiger partial charge on any atom is -0.468 e. The molecule has 1 saturated heterocycles. The summed E-state index contributed by atoms with van der Waals surface area (Å²) < 4.78 is 5.62. The molecule has 0 radical (unpaired) electrons. The maximum absolute atomic E-state index is 5.62. The van der Waals surface area contributed by atoms with Crippen LogP contribution in [0.5, 0.6) is 0 Å². The molecule has 96 valence electrons. The number of thioether (sulfide) groups is 1. The van der Waals surface area contributed by atoms with Crippen molar-refractivity contribution in [1.82, 2.24) is 10.2 Å². The molecule has 2 unspecified atom stereocenters. The average molecular weight is 254 g/mol. The number of nitrogens with one attached hydrogen (secondary N) is 1. The summed E-state index contributed by atoms with van der Waals surface area (Å²) in [6.07, 6.45) is 1.86. The normalized spacial score (nSPS) is 26.3. The maximum atomic E-state index is 5.62. The van der Waals surface area contributed by atoms with Crippen LogP contribution in [0, 0.1) is 0 Å². The zero-order valence-corrected chi connectivity index (χ0v) is 11.7. The number of rotatable bonds is 4. The van der Waals surface area contributed by atoms with Crippen LogP contribution in [-0.2, 0) is 13.1 Å². The molecule has 2 heterocycles. The second-order valence-corrected chi connectivity index (χ2v) is 6.22. The molecule has 2 rings (SSSR count). The second kappa shape index (κ2) is 5.94. The summed E-state index contributed by atoms with van der Waals surface area (Å²) in [7, 11) is 1.96. The molecule has 0 aromatic carbocycles. The topological polar surface area (TPSA) is 28.4 Å². The van der Waals surface area contributed by atoms with Crippen molar-refractivity contribution in [2.75, 3.05) is 19.3 Å². The number of hydrogen-bond donors (Lipinski definition) is 1. The lowest BCUT2D eigenvalue weighted by atomic mass is 10.2. The van der Waals surface area contributed by atoms with Crippen LogP contribution in [-0.4, -0.2) is 35.5 Å². The van der Waals surface area contributed by atoms with Crippen LogP contribution in [0.25, 0.3) is 0 Å². The first-order chi connectivity index (χ1) is 8.20. The van der Waals surface area contributed by atoms with Gasteiger partial charge < -0.3 is 9.73 Å². The summed E-state index contributed by atoms with van der Waals surface area (Å²) in [6, 6.07) is 2.79. The Kier molecular flexibility index (Phi) is 4.54. The quantitative estimate of drug-likeness (QED) is 0.892. The van der Waals surface area contributed by atoms with E-state index >= 15 is 0 Å². The van der Waals surface area contributed by atoms with Crippen LogP contribution in [0.4, 0.5) is 0 Å². The standard InChI is InChI=1S/C13H22N2OS/c1-10-11(2)17-5-4-15(10)8-13-6-12(7-14-3)9-16-13/h6,9-11,14H,4-5,7-8H2,1-3H3. The third-order valence-corrected chi connectivity index (χ3v) is 4.80. The highest BCUT2D eigenvalue weighted by atomic mass is 32.2. The highest BCUT2D eigenvalue weighted by molar-refractivity contribution is 8.00. The minimum absolute atomic E-state index is 0.631. The van der Waals surface area contributed by atoms with E-state index in [0.29, 0.717) is 6.04 Å². The highest BCUT2D eigenvalue weighted by Gasteiger charge is 2.25. The first kappa shape index (κ1) is 13.0. The van der Waals surface area contributed by atoms with Gasteiger partial charge in [-0.25, -0.2) is 0 Å². The van der Waals surface area contributed by atoms with E-state index in [1.165, 1.54) is 11.3 Å². The van der Waals surface area contributed by atoms with Gasteiger partial charge in [0, 0.05) is 35.7 Å². The average Bonchev–Trinajstić information content (AvgIpc) is 2.73. The fourth-order valence-electron chi connectivity index (χ4n) is 2.22. The summed E-state index contributed by atoms with van der Waals surface area (Å²) >= 11 is 2.07. The van der Waals surface area contributed by atoms with E-state index in [2.05, 4.69) is 41.9 Å². The Morgan fingerprint density at radius 2 is 2.35 bits per heavy atom. The van der Waals surface area contributed by atoms with Crippen molar-refractivity contribution in [2.45, 2.75) is 38.2 Å². The van der Waals surface area contributed by atoms with Crippen LogP contribution >= 0.6 is 11.8 Å². The van der Waals surface area contributed by atoms with Gasteiger partial charge in [0.1, 0.15) is 5.76 Å². The first-order valence-corrected chi connectivity index (χ1v) is 7.32. The summed E-state index contributed by atoms with van der Waals surface area (Å²) in [4.78, 5) is 2.52. The lowest BCUT2D eigenvalue weighted by molar-refractivity contribution is 0.189. The Hall–Kier alpha value is -0.450. The van der Waals surface area contributed by atoms with Gasteiger partial charge in [0.25, 0.3) is 0 Å². The fraction of sp³-hybridized carbons (Fsp3) is 0.692. The molecule has 1 aliphatic heterocycles. The predicted octanol–water partition coefficient (Wildman–Crippen LogP) is 2.32. The van der Waals surface area contributed by atoms with Gasteiger partial charge in [-0.1, -0.05) is 6.92 Å². The molecule has 0 saturated carbocycles. The number of furan rings is 1. The molecule has 3 nitrogen and oxygen atoms in total. The maximum Gasteiger partial charge on any atom is 0.118 e. The van der Waals surface area contributed by atoms with Gasteiger partial charge in [0.2, 0.25) is 0 Å². The van der Waals surface area contributed by atoms with E-state index in [0.717, 1.165) is 30.6 Å². The van der Waals surface area contributed by atoms with Crippen LogP contribution in [0.1, 0.15) is 25.2 Å². The molecule has 17 heavy (non-hydrogen) atoms. The van der Waals surface area contributed by atoms with Crippen LogP contribution < -0.4 is 5.32 Å². The third kappa shape index (κ3) is 3.27. The molecule has 0 bridgehead atoms. The molecule has 1 fully saturated rings. The monoisotopic (exact) mass is 254 g/mol. The van der Waals surface area contributed by atoms with E-state index in [9.17, 15) is 0 Å². The zero-order valence-electron chi connectivity index (χ0n) is 10.9. The Labute approximate surface area is 108 Å². The van der Waals surface area contributed by atoms with Crippen LogP contribution in [0.3, 0.4) is 0 Å². The SMILES string of the molecule is CNCc1coc(CN2CCSC(C)C2C)c1.